The van der Waals surface area contributed by atoms with Gasteiger partial charge in [0, 0.05) is 55.7 Å². The van der Waals surface area contributed by atoms with Crippen LogP contribution in [0, 0.1) is 0 Å². The molecule has 1 fully saturated rings. The second-order valence-corrected chi connectivity index (χ2v) is 9.52. The number of urea groups is 1. The number of fused-ring (bicyclic) bond motifs is 1. The molecule has 2 aromatic rings. The molecule has 2 aliphatic heterocycles. The van der Waals surface area contributed by atoms with Gasteiger partial charge in [-0.2, -0.15) is 0 Å². The molecule has 5 rings (SSSR count). The van der Waals surface area contributed by atoms with Crippen LogP contribution in [0.5, 0.6) is 5.75 Å². The summed E-state index contributed by atoms with van der Waals surface area (Å²) in [5.74, 6) is 0.906. The zero-order chi connectivity index (χ0) is 23.5. The summed E-state index contributed by atoms with van der Waals surface area (Å²) in [6.45, 7) is 6.90. The Morgan fingerprint density at radius 1 is 1.15 bits per heavy atom. The number of ether oxygens (including phenoxy) is 2. The molecule has 0 radical (unpaired) electrons. The number of carbonyl (C=O) groups is 1. The summed E-state index contributed by atoms with van der Waals surface area (Å²) < 4.78 is 11.5. The van der Waals surface area contributed by atoms with Crippen LogP contribution in [0.1, 0.15) is 44.4 Å². The summed E-state index contributed by atoms with van der Waals surface area (Å²) in [6.07, 6.45) is 10.3. The second-order valence-electron chi connectivity index (χ2n) is 9.52. The molecule has 1 aliphatic carbocycles. The van der Waals surface area contributed by atoms with E-state index < -0.39 is 0 Å². The van der Waals surface area contributed by atoms with Crippen molar-refractivity contribution < 1.29 is 14.3 Å². The molecule has 3 heterocycles. The number of amides is 2. The van der Waals surface area contributed by atoms with Gasteiger partial charge in [-0.3, -0.25) is 4.98 Å². The maximum absolute atomic E-state index is 12.3. The third-order valence-electron chi connectivity index (χ3n) is 6.67. The van der Waals surface area contributed by atoms with Crippen LogP contribution in [0.3, 0.4) is 0 Å². The van der Waals surface area contributed by atoms with Crippen LogP contribution in [0.15, 0.2) is 54.3 Å². The number of benzene rings is 1. The van der Waals surface area contributed by atoms with Gasteiger partial charge in [-0.25, -0.2) is 4.79 Å². The fourth-order valence-electron chi connectivity index (χ4n) is 4.81. The van der Waals surface area contributed by atoms with Crippen molar-refractivity contribution >= 4 is 11.6 Å². The summed E-state index contributed by atoms with van der Waals surface area (Å²) >= 11 is 0. The quantitative estimate of drug-likeness (QED) is 0.684. The third kappa shape index (κ3) is 5.02. The van der Waals surface area contributed by atoms with Gasteiger partial charge in [-0.15, -0.1) is 0 Å². The normalized spacial score (nSPS) is 18.4. The van der Waals surface area contributed by atoms with Crippen molar-refractivity contribution in [2.45, 2.75) is 51.7 Å². The molecule has 6 nitrogen and oxygen atoms in total. The van der Waals surface area contributed by atoms with Crippen LogP contribution in [-0.2, 0) is 11.2 Å². The molecule has 0 saturated carbocycles. The van der Waals surface area contributed by atoms with Gasteiger partial charge in [-0.1, -0.05) is 24.3 Å². The summed E-state index contributed by atoms with van der Waals surface area (Å²) in [4.78, 5) is 19.0. The van der Waals surface area contributed by atoms with Crippen LogP contribution < -0.4 is 10.1 Å². The number of carbonyl (C=O) groups excluding carboxylic acids is 1. The van der Waals surface area contributed by atoms with Gasteiger partial charge in [-0.05, 0) is 55.2 Å². The van der Waals surface area contributed by atoms with E-state index in [1.54, 1.807) is 0 Å². The smallest absolute Gasteiger partial charge is 0.317 e. The molecule has 178 valence electrons. The average molecular weight is 460 g/mol. The first kappa shape index (κ1) is 22.7. The molecule has 0 unspecified atom stereocenters. The summed E-state index contributed by atoms with van der Waals surface area (Å²) in [5, 5.41) is 2.98. The first-order valence-electron chi connectivity index (χ1n) is 12.4. The van der Waals surface area contributed by atoms with Gasteiger partial charge in [0.15, 0.2) is 0 Å². The van der Waals surface area contributed by atoms with Crippen LogP contribution in [-0.4, -0.2) is 54.4 Å². The topological polar surface area (TPSA) is 63.7 Å². The predicted octanol–water partition coefficient (Wildman–Crippen LogP) is 5.00. The molecule has 1 saturated heterocycles. The van der Waals surface area contributed by atoms with E-state index in [0.717, 1.165) is 68.0 Å². The lowest BCUT2D eigenvalue weighted by Gasteiger charge is -2.28. The van der Waals surface area contributed by atoms with E-state index in [1.807, 2.05) is 24.9 Å². The number of aromatic nitrogens is 1. The molecule has 0 spiro atoms. The number of hydrogen-bond donors (Lipinski definition) is 1. The van der Waals surface area contributed by atoms with Crippen molar-refractivity contribution in [2.24, 2.45) is 0 Å². The average Bonchev–Trinajstić information content (AvgIpc) is 3.28. The summed E-state index contributed by atoms with van der Waals surface area (Å²) in [7, 11) is 0. The molecule has 0 bridgehead atoms. The molecule has 6 heteroatoms. The van der Waals surface area contributed by atoms with E-state index in [2.05, 4.69) is 47.8 Å². The van der Waals surface area contributed by atoms with Crippen molar-refractivity contribution in [3.63, 3.8) is 0 Å². The van der Waals surface area contributed by atoms with Gasteiger partial charge < -0.3 is 19.7 Å². The van der Waals surface area contributed by atoms with E-state index in [-0.39, 0.29) is 18.2 Å². The third-order valence-corrected chi connectivity index (χ3v) is 6.67. The van der Waals surface area contributed by atoms with Crippen molar-refractivity contribution in [1.82, 2.24) is 15.2 Å². The van der Waals surface area contributed by atoms with Crippen LogP contribution in [0.25, 0.3) is 16.7 Å². The van der Waals surface area contributed by atoms with Gasteiger partial charge in [0.05, 0.1) is 18.9 Å². The fraction of sp³-hybridized carbons (Fsp3) is 0.429. The van der Waals surface area contributed by atoms with Crippen molar-refractivity contribution in [1.29, 1.82) is 0 Å². The lowest BCUT2D eigenvalue weighted by atomic mass is 9.94. The van der Waals surface area contributed by atoms with Crippen LogP contribution >= 0.6 is 0 Å². The maximum Gasteiger partial charge on any atom is 0.317 e. The summed E-state index contributed by atoms with van der Waals surface area (Å²) in [6, 6.07) is 10.7. The summed E-state index contributed by atoms with van der Waals surface area (Å²) in [5.41, 5.74) is 7.17. The van der Waals surface area contributed by atoms with E-state index >= 15 is 0 Å². The molecule has 34 heavy (non-hydrogen) atoms. The molecule has 1 N–H and O–H groups in total. The molecule has 3 aliphatic rings. The number of hydrogen-bond acceptors (Lipinski definition) is 4. The Morgan fingerprint density at radius 2 is 1.94 bits per heavy atom. The number of nitrogens with one attached hydrogen (secondary N) is 1. The predicted molar refractivity (Wildman–Crippen MR) is 134 cm³/mol. The van der Waals surface area contributed by atoms with Crippen molar-refractivity contribution in [2.75, 3.05) is 26.3 Å². The van der Waals surface area contributed by atoms with Gasteiger partial charge in [0.25, 0.3) is 0 Å². The maximum atomic E-state index is 12.3. The van der Waals surface area contributed by atoms with Gasteiger partial charge in [0.2, 0.25) is 0 Å². The van der Waals surface area contributed by atoms with Gasteiger partial charge in [0.1, 0.15) is 11.9 Å². The second kappa shape index (κ2) is 10.0. The first-order valence-corrected chi connectivity index (χ1v) is 12.4. The zero-order valence-electron chi connectivity index (χ0n) is 20.0. The first-order chi connectivity index (χ1) is 16.6. The van der Waals surface area contributed by atoms with E-state index in [1.165, 1.54) is 16.7 Å². The Hall–Kier alpha value is -3.12. The van der Waals surface area contributed by atoms with Crippen molar-refractivity contribution in [3.05, 3.63) is 65.5 Å². The van der Waals surface area contributed by atoms with E-state index in [0.29, 0.717) is 6.54 Å². The number of pyridine rings is 1. The molecule has 1 aromatic carbocycles. The number of rotatable bonds is 5. The molecule has 0 atom stereocenters. The highest BCUT2D eigenvalue weighted by Gasteiger charge is 2.24. The molecule has 1 aromatic heterocycles. The molecule has 2 amide bonds. The lowest BCUT2D eigenvalue weighted by Crippen LogP contribution is -2.44. The zero-order valence-corrected chi connectivity index (χ0v) is 20.0. The standard InChI is InChI=1S/C28H33N3O3/c1-19(2)30-28(32)31-13-9-21(10-14-31)25-7-8-27-26(25)17-22(18-29-27)20-3-5-23(6-4-20)34-24-11-15-33-16-12-24/h3-7,9,17-19,24H,8,10-16H2,1-2H3,(H,30,32). The highest BCUT2D eigenvalue weighted by molar-refractivity contribution is 5.86. The van der Waals surface area contributed by atoms with E-state index in [4.69, 9.17) is 14.5 Å². The Balaban J connectivity index is 1.28. The Kier molecular flexibility index (Phi) is 6.68. The highest BCUT2D eigenvalue weighted by atomic mass is 16.5. The van der Waals surface area contributed by atoms with Crippen molar-refractivity contribution in [3.8, 4) is 16.9 Å². The fourth-order valence-corrected chi connectivity index (χ4v) is 4.81. The van der Waals surface area contributed by atoms with Crippen LogP contribution in [0.2, 0.25) is 0 Å². The highest BCUT2D eigenvalue weighted by Crippen LogP contribution is 2.37. The molecular formula is C28H33N3O3. The van der Waals surface area contributed by atoms with Gasteiger partial charge >= 0.3 is 6.03 Å². The largest absolute Gasteiger partial charge is 0.490 e. The Morgan fingerprint density at radius 3 is 2.65 bits per heavy atom. The minimum absolute atomic E-state index is 0.0132. The SMILES string of the molecule is CC(C)NC(=O)N1CC=C(C2=CCc3ncc(-c4ccc(OC5CCOCC5)cc4)cc32)CC1. The minimum Gasteiger partial charge on any atom is -0.490 e. The number of nitrogens with zero attached hydrogens (tertiary/aromatic N) is 2. The Bertz CT molecular complexity index is 1100. The monoisotopic (exact) mass is 459 g/mol. The van der Waals surface area contributed by atoms with Crippen LogP contribution in [0.4, 0.5) is 4.79 Å². The number of allylic oxidation sites excluding steroid dienone is 2. The Labute approximate surface area is 201 Å². The molecular weight excluding hydrogens is 426 g/mol. The van der Waals surface area contributed by atoms with E-state index in [9.17, 15) is 4.79 Å². The minimum atomic E-state index is 0.0132. The lowest BCUT2D eigenvalue weighted by molar-refractivity contribution is 0.0256.